The number of carbonyl (C=O) groups excluding carboxylic acids is 5. The Morgan fingerprint density at radius 3 is 1.57 bits per heavy atom. The highest BCUT2D eigenvalue weighted by atomic mass is 32.2. The van der Waals surface area contributed by atoms with Gasteiger partial charge >= 0.3 is 17.8 Å². The molecule has 22 unspecified atom stereocenters. The standard InChI is InChI=1S/2C33H55F2N7O2.C32H33F2N7O2S/c2*1-6-26(43)40-16-20(5)41(17-19(40)4)31-22-15-24(35)29-27-23(34)10-7-11-25(27)36-13-8-9-21-12-14-37-28(18(2)3)30(21)42(32(22)38-29)33(44)39-31;1-6-25(42)39-12-13-40(19(4)17-39)30-20-16-22(34)28-26-21(33)8-7-9-23(26)38(5)14-15-44-24-10-11-35-27(18(2)3)29(24)41(31(20)36-28)32(43)37-30/h2*6,18-25,27-32,36-38H,1,7-17H2,2-5H3,(H,39,44);6-11,16,18-19H,1,12-15,17H2,2-5H3/t2*19-,20+,21?,22?,23?,24?,25?,27?,28?,29?,30?,31?,32?;19-/m110/s1. The summed E-state index contributed by atoms with van der Waals surface area (Å²) in [6, 6.07) is 5.70. The van der Waals surface area contributed by atoms with Gasteiger partial charge in [-0.1, -0.05) is 67.3 Å². The first-order valence-electron chi connectivity index (χ1n) is 49.3. The highest BCUT2D eigenvalue weighted by molar-refractivity contribution is 7.99. The Morgan fingerprint density at radius 1 is 0.553 bits per heavy atom. The SMILES string of the molecule is C=CC(=O)N1CCN(c2nc(=O)n3c4nc(c(F)cc24)-c2c(F)cccc2N(C)CCSc2ccnc(C(C)C)c2-3)[C@@H](C)C1.C=CC(=O)N1C[C@H](C)N(C2NC(=O)N3C4NC(C(F)CC42)C2C(F)CCCC2NCCCC2CCNC(C(C)C)C23)C[C@H]1C.C=CC(=O)N1C[C@H](C)N(C2NC(=O)N3C4NC(C(F)CC42)C2C(F)CCCC2NCCCC2CCNC(C(C)C)C23)C[C@H]1C. The average molecular weight is 1860 g/mol. The second kappa shape index (κ2) is 41.1. The summed E-state index contributed by atoms with van der Waals surface area (Å²) in [6.07, 6.45) is 10.1. The Morgan fingerprint density at radius 2 is 1.08 bits per heavy atom. The normalized spacial score (nSPS) is 35.9. The summed E-state index contributed by atoms with van der Waals surface area (Å²) in [5, 5.41) is 29.3. The average Bonchev–Trinajstić information content (AvgIpc) is 0.737. The van der Waals surface area contributed by atoms with Crippen LogP contribution in [-0.2, 0) is 14.4 Å². The molecule has 7 amide bonds. The van der Waals surface area contributed by atoms with Crippen LogP contribution in [0.25, 0.3) is 28.0 Å². The van der Waals surface area contributed by atoms with Gasteiger partial charge in [0.05, 0.1) is 59.1 Å². The number of hydrogen-bond donors (Lipinski definition) is 8. The van der Waals surface area contributed by atoms with E-state index in [9.17, 15) is 28.8 Å². The number of piperazine rings is 3. The summed E-state index contributed by atoms with van der Waals surface area (Å²) < 4.78 is 98.1. The second-order valence-corrected chi connectivity index (χ2v) is 42.4. The number of hydrogen-bond acceptors (Lipinski definition) is 20. The number of halogens is 6. The molecule has 6 bridgehead atoms. The third kappa shape index (κ3) is 19.0. The van der Waals surface area contributed by atoms with E-state index in [4.69, 9.17) is 4.98 Å². The van der Waals surface area contributed by atoms with Gasteiger partial charge in [-0.25, -0.2) is 50.3 Å². The van der Waals surface area contributed by atoms with E-state index in [2.05, 4.69) is 124 Å². The molecule has 18 rings (SSSR count). The van der Waals surface area contributed by atoms with Crippen LogP contribution < -0.4 is 58.0 Å². The van der Waals surface area contributed by atoms with Crippen LogP contribution in [0.15, 0.2) is 84.2 Å². The number of thioether (sulfide) groups is 1. The van der Waals surface area contributed by atoms with Crippen LogP contribution in [0.5, 0.6) is 0 Å². The maximum Gasteiger partial charge on any atom is 0.355 e. The molecule has 724 valence electrons. The quantitative estimate of drug-likeness (QED) is 0.0571. The molecule has 15 heterocycles. The number of amides is 7. The van der Waals surface area contributed by atoms with Crippen molar-refractivity contribution in [1.82, 2.24) is 96.4 Å². The number of pyridine rings is 2. The molecule has 34 heteroatoms. The summed E-state index contributed by atoms with van der Waals surface area (Å²) in [5.41, 5.74) is 1.09. The monoisotopic (exact) mass is 1860 g/mol. The van der Waals surface area contributed by atoms with Crippen molar-refractivity contribution in [3.05, 3.63) is 102 Å². The Kier molecular flexibility index (Phi) is 30.3. The molecule has 0 spiro atoms. The molecule has 3 aromatic heterocycles. The van der Waals surface area contributed by atoms with E-state index in [1.807, 2.05) is 77.1 Å². The number of carbonyl (C=O) groups is 5. The van der Waals surface area contributed by atoms with Crippen molar-refractivity contribution in [2.24, 2.45) is 47.3 Å². The van der Waals surface area contributed by atoms with Crippen LogP contribution in [0.3, 0.4) is 0 Å². The molecule has 13 fully saturated rings. The van der Waals surface area contributed by atoms with Crippen LogP contribution in [0.1, 0.15) is 178 Å². The maximum atomic E-state index is 16.6. The van der Waals surface area contributed by atoms with Crippen molar-refractivity contribution in [2.75, 3.05) is 101 Å². The summed E-state index contributed by atoms with van der Waals surface area (Å²) in [6.45, 7) is 41.1. The van der Waals surface area contributed by atoms with Crippen LogP contribution in [0.4, 0.5) is 47.4 Å². The number of nitrogens with zero attached hydrogens (tertiary/aromatic N) is 13. The number of piperidine rings is 4. The number of urea groups is 2. The van der Waals surface area contributed by atoms with Gasteiger partial charge in [-0.15, -0.1) is 11.8 Å². The minimum atomic E-state index is -1.23. The summed E-state index contributed by atoms with van der Waals surface area (Å²) in [7, 11) is 1.84. The molecule has 1 aromatic carbocycles. The van der Waals surface area contributed by atoms with Gasteiger partial charge in [0.25, 0.3) is 0 Å². The Labute approximate surface area is 779 Å². The number of rotatable bonds is 9. The Bertz CT molecular complexity index is 4740. The van der Waals surface area contributed by atoms with Gasteiger partial charge in [-0.3, -0.25) is 39.8 Å². The molecule has 4 aromatic rings. The number of aromatic nitrogens is 4. The third-order valence-corrected chi connectivity index (χ3v) is 33.1. The lowest BCUT2D eigenvalue weighted by molar-refractivity contribution is -0.137. The van der Waals surface area contributed by atoms with Crippen molar-refractivity contribution in [3.63, 3.8) is 0 Å². The smallest absolute Gasteiger partial charge is 0.355 e. The fourth-order valence-electron chi connectivity index (χ4n) is 25.7. The molecule has 132 heavy (non-hydrogen) atoms. The van der Waals surface area contributed by atoms with Crippen LogP contribution in [0.2, 0.25) is 0 Å². The highest BCUT2D eigenvalue weighted by Gasteiger charge is 2.61. The van der Waals surface area contributed by atoms with Gasteiger partial charge < -0.3 is 66.2 Å². The lowest BCUT2D eigenvalue weighted by atomic mass is 9.71. The van der Waals surface area contributed by atoms with E-state index < -0.39 is 90.6 Å². The van der Waals surface area contributed by atoms with Gasteiger partial charge in [0, 0.05) is 172 Å². The Balaban J connectivity index is 0.000000144. The summed E-state index contributed by atoms with van der Waals surface area (Å²) in [5.74, 6) is -1.08. The first-order chi connectivity index (χ1) is 63.3. The predicted molar refractivity (Wildman–Crippen MR) is 504 cm³/mol. The first kappa shape index (κ1) is 97.1. The topological polar surface area (TPSA) is 271 Å². The molecular formula is C98H143F6N21O6S. The minimum Gasteiger partial charge on any atom is -0.373 e. The van der Waals surface area contributed by atoms with Gasteiger partial charge in [0.2, 0.25) is 17.7 Å². The van der Waals surface area contributed by atoms with Gasteiger partial charge in [0.15, 0.2) is 11.5 Å². The minimum absolute atomic E-state index is 0.0257. The van der Waals surface area contributed by atoms with Crippen molar-refractivity contribution >= 4 is 64.1 Å². The van der Waals surface area contributed by atoms with Gasteiger partial charge in [-0.05, 0) is 223 Å². The molecule has 2 aliphatic carbocycles. The highest BCUT2D eigenvalue weighted by Crippen LogP contribution is 2.48. The molecule has 0 radical (unpaired) electrons. The fourth-order valence-corrected chi connectivity index (χ4v) is 26.8. The number of benzene rings is 1. The van der Waals surface area contributed by atoms with E-state index >= 15 is 26.3 Å². The molecule has 12 aliphatic heterocycles. The summed E-state index contributed by atoms with van der Waals surface area (Å²) >= 11 is 1.55. The molecule has 8 N–H and O–H groups in total. The van der Waals surface area contributed by atoms with Gasteiger partial charge in [-0.2, -0.15) is 4.98 Å². The van der Waals surface area contributed by atoms with E-state index in [-0.39, 0.29) is 150 Å². The molecule has 27 atom stereocenters. The van der Waals surface area contributed by atoms with Crippen molar-refractivity contribution in [1.29, 1.82) is 0 Å². The zero-order chi connectivity index (χ0) is 93.9. The van der Waals surface area contributed by atoms with Crippen LogP contribution >= 0.6 is 11.8 Å². The van der Waals surface area contributed by atoms with E-state index in [0.717, 1.165) is 95.3 Å². The number of nitrogens with one attached hydrogen (secondary N) is 8. The van der Waals surface area contributed by atoms with Crippen LogP contribution in [0, 0.1) is 59.0 Å². The zero-order valence-corrected chi connectivity index (χ0v) is 80.0. The van der Waals surface area contributed by atoms with Crippen LogP contribution in [-0.4, -0.2) is 303 Å². The van der Waals surface area contributed by atoms with E-state index in [0.29, 0.717) is 117 Å². The maximum absolute atomic E-state index is 16.6. The fraction of sp³-hybridized carbons (Fsp3) is 0.704. The predicted octanol–water partition coefficient (Wildman–Crippen LogP) is 11.0. The third-order valence-electron chi connectivity index (χ3n) is 32.1. The largest absolute Gasteiger partial charge is 0.373 e. The summed E-state index contributed by atoms with van der Waals surface area (Å²) in [4.78, 5) is 113. The number of alkyl halides is 4. The molecule has 2 saturated carbocycles. The molecule has 14 aliphatic rings. The lowest BCUT2D eigenvalue weighted by Gasteiger charge is -2.60. The van der Waals surface area contributed by atoms with Crippen molar-refractivity contribution in [2.45, 2.75) is 305 Å². The molecule has 27 nitrogen and oxygen atoms in total. The lowest BCUT2D eigenvalue weighted by Crippen LogP contribution is -2.80. The zero-order valence-electron chi connectivity index (χ0n) is 79.2. The molecule has 11 saturated heterocycles. The van der Waals surface area contributed by atoms with Crippen molar-refractivity contribution in [3.8, 4) is 16.9 Å². The Hall–Kier alpha value is -7.96. The second-order valence-electron chi connectivity index (χ2n) is 41.2. The first-order valence-corrected chi connectivity index (χ1v) is 50.3. The number of fused-ring (bicyclic) bond motifs is 15. The number of anilines is 2. The van der Waals surface area contributed by atoms with E-state index in [1.54, 1.807) is 35.0 Å². The van der Waals surface area contributed by atoms with Crippen molar-refractivity contribution < 1.29 is 50.3 Å². The molecular weight excluding hydrogens is 1710 g/mol. The van der Waals surface area contributed by atoms with Gasteiger partial charge in [0.1, 0.15) is 42.0 Å². The van der Waals surface area contributed by atoms with E-state index in [1.165, 1.54) is 34.9 Å².